The minimum Gasteiger partial charge on any atom is -0.508 e. The molecular weight excluding hydrogens is 310 g/mol. The first-order valence-electron chi connectivity index (χ1n) is 9.41. The Morgan fingerprint density at radius 3 is 2.24 bits per heavy atom. The minimum atomic E-state index is -0.983. The molecule has 2 aromatic carbocycles. The Morgan fingerprint density at radius 2 is 1.60 bits per heavy atom. The highest BCUT2D eigenvalue weighted by Crippen LogP contribution is 2.38. The van der Waals surface area contributed by atoms with E-state index in [0.29, 0.717) is 0 Å². The number of likely N-dealkylation sites (tertiary alicyclic amines) is 1. The number of hydrogen-bond acceptors (Lipinski definition) is 3. The van der Waals surface area contributed by atoms with Crippen LogP contribution in [0.1, 0.15) is 43.7 Å². The van der Waals surface area contributed by atoms with E-state index in [1.54, 1.807) is 12.1 Å². The molecule has 0 spiro atoms. The SMILES string of the molecule is CC(CCc1ccccc1)C(O)(c1ccc(O)cc1)N1CCCCC1. The van der Waals surface area contributed by atoms with Crippen molar-refractivity contribution < 1.29 is 10.2 Å². The molecule has 1 aliphatic heterocycles. The third kappa shape index (κ3) is 4.05. The lowest BCUT2D eigenvalue weighted by Gasteiger charge is -2.46. The molecule has 0 bridgehead atoms. The van der Waals surface area contributed by atoms with Gasteiger partial charge >= 0.3 is 0 Å². The second kappa shape index (κ2) is 8.03. The number of rotatable bonds is 6. The van der Waals surface area contributed by atoms with E-state index in [0.717, 1.165) is 44.3 Å². The van der Waals surface area contributed by atoms with Gasteiger partial charge in [0.2, 0.25) is 0 Å². The van der Waals surface area contributed by atoms with E-state index in [9.17, 15) is 10.2 Å². The van der Waals surface area contributed by atoms with Crippen LogP contribution in [0.15, 0.2) is 54.6 Å². The number of nitrogens with zero attached hydrogens (tertiary/aromatic N) is 1. The van der Waals surface area contributed by atoms with E-state index in [-0.39, 0.29) is 11.7 Å². The molecule has 0 amide bonds. The van der Waals surface area contributed by atoms with Crippen molar-refractivity contribution in [3.63, 3.8) is 0 Å². The van der Waals surface area contributed by atoms with Gasteiger partial charge in [0.1, 0.15) is 11.5 Å². The summed E-state index contributed by atoms with van der Waals surface area (Å²) >= 11 is 0. The molecule has 0 aliphatic carbocycles. The Balaban J connectivity index is 1.83. The van der Waals surface area contributed by atoms with Gasteiger partial charge in [0, 0.05) is 19.0 Å². The molecule has 0 aromatic heterocycles. The van der Waals surface area contributed by atoms with Gasteiger partial charge in [0.15, 0.2) is 0 Å². The van der Waals surface area contributed by atoms with Crippen LogP contribution in [0, 0.1) is 5.92 Å². The first-order valence-corrected chi connectivity index (χ1v) is 9.41. The average molecular weight is 339 g/mol. The van der Waals surface area contributed by atoms with Gasteiger partial charge in [-0.1, -0.05) is 55.8 Å². The third-order valence-corrected chi connectivity index (χ3v) is 5.53. The van der Waals surface area contributed by atoms with Crippen LogP contribution in [0.2, 0.25) is 0 Å². The smallest absolute Gasteiger partial charge is 0.147 e. The second-order valence-corrected chi connectivity index (χ2v) is 7.25. The Morgan fingerprint density at radius 1 is 0.960 bits per heavy atom. The zero-order valence-electron chi connectivity index (χ0n) is 15.1. The molecule has 0 radical (unpaired) electrons. The molecule has 3 rings (SSSR count). The topological polar surface area (TPSA) is 43.7 Å². The van der Waals surface area contributed by atoms with Crippen molar-refractivity contribution in [1.29, 1.82) is 0 Å². The van der Waals surface area contributed by atoms with Crippen molar-refractivity contribution in [3.8, 4) is 5.75 Å². The van der Waals surface area contributed by atoms with E-state index in [4.69, 9.17) is 0 Å². The standard InChI is InChI=1S/C22H29NO2/c1-18(10-11-19-8-4-2-5-9-19)22(25,23-16-6-3-7-17-23)20-12-14-21(24)15-13-20/h2,4-5,8-9,12-15,18,24-25H,3,6-7,10-11,16-17H2,1H3. The third-order valence-electron chi connectivity index (χ3n) is 5.53. The molecule has 134 valence electrons. The number of aliphatic hydroxyl groups is 1. The van der Waals surface area contributed by atoms with E-state index in [1.165, 1.54) is 12.0 Å². The van der Waals surface area contributed by atoms with Crippen molar-refractivity contribution in [2.45, 2.75) is 44.8 Å². The Kier molecular flexibility index (Phi) is 5.77. The number of piperidine rings is 1. The van der Waals surface area contributed by atoms with Gasteiger partial charge in [-0.15, -0.1) is 0 Å². The number of aromatic hydroxyl groups is 1. The van der Waals surface area contributed by atoms with Crippen molar-refractivity contribution in [2.75, 3.05) is 13.1 Å². The molecule has 1 saturated heterocycles. The summed E-state index contributed by atoms with van der Waals surface area (Å²) in [5.74, 6) is 0.331. The van der Waals surface area contributed by atoms with Crippen molar-refractivity contribution in [2.24, 2.45) is 5.92 Å². The monoisotopic (exact) mass is 339 g/mol. The lowest BCUT2D eigenvalue weighted by molar-refractivity contribution is -0.162. The molecule has 3 heteroatoms. The summed E-state index contributed by atoms with van der Waals surface area (Å²) in [4.78, 5) is 2.23. The minimum absolute atomic E-state index is 0.0929. The van der Waals surface area contributed by atoms with E-state index < -0.39 is 5.72 Å². The van der Waals surface area contributed by atoms with Gasteiger partial charge in [-0.05, 0) is 48.9 Å². The maximum atomic E-state index is 11.8. The molecule has 1 heterocycles. The fourth-order valence-corrected chi connectivity index (χ4v) is 3.95. The van der Waals surface area contributed by atoms with Gasteiger partial charge in [0.05, 0.1) is 0 Å². The summed E-state index contributed by atoms with van der Waals surface area (Å²) in [7, 11) is 0. The predicted octanol–water partition coefficient (Wildman–Crippen LogP) is 4.29. The van der Waals surface area contributed by atoms with Gasteiger partial charge in [-0.2, -0.15) is 0 Å². The summed E-state index contributed by atoms with van der Waals surface area (Å²) < 4.78 is 0. The highest BCUT2D eigenvalue weighted by molar-refractivity contribution is 5.30. The number of hydrogen-bond donors (Lipinski definition) is 2. The maximum absolute atomic E-state index is 11.8. The van der Waals surface area contributed by atoms with E-state index >= 15 is 0 Å². The zero-order valence-corrected chi connectivity index (χ0v) is 15.1. The Bertz CT molecular complexity index is 649. The van der Waals surface area contributed by atoms with Gasteiger partial charge in [0.25, 0.3) is 0 Å². The molecule has 2 atom stereocenters. The fourth-order valence-electron chi connectivity index (χ4n) is 3.95. The molecule has 25 heavy (non-hydrogen) atoms. The molecule has 3 nitrogen and oxygen atoms in total. The largest absolute Gasteiger partial charge is 0.508 e. The highest BCUT2D eigenvalue weighted by Gasteiger charge is 2.41. The molecule has 2 aromatic rings. The van der Waals surface area contributed by atoms with Gasteiger partial charge in [-0.25, -0.2) is 0 Å². The first kappa shape index (κ1) is 18.0. The average Bonchev–Trinajstić information content (AvgIpc) is 2.67. The van der Waals surface area contributed by atoms with Crippen LogP contribution in [0.25, 0.3) is 0 Å². The zero-order chi connectivity index (χ0) is 17.7. The van der Waals surface area contributed by atoms with E-state index in [2.05, 4.69) is 36.1 Å². The van der Waals surface area contributed by atoms with Crippen LogP contribution in [0.3, 0.4) is 0 Å². The van der Waals surface area contributed by atoms with Gasteiger partial charge in [-0.3, -0.25) is 4.90 Å². The van der Waals surface area contributed by atoms with Crippen molar-refractivity contribution in [3.05, 3.63) is 65.7 Å². The molecule has 2 unspecified atom stereocenters. The number of phenolic OH excluding ortho intramolecular Hbond substituents is 1. The van der Waals surface area contributed by atoms with Gasteiger partial charge < -0.3 is 10.2 Å². The Labute approximate surface area is 150 Å². The summed E-state index contributed by atoms with van der Waals surface area (Å²) in [6, 6.07) is 17.5. The summed E-state index contributed by atoms with van der Waals surface area (Å²) in [6.45, 7) is 3.99. The Hall–Kier alpha value is -1.84. The van der Waals surface area contributed by atoms with Crippen LogP contribution in [-0.2, 0) is 12.1 Å². The lowest BCUT2D eigenvalue weighted by Crippen LogP contribution is -2.52. The number of benzene rings is 2. The van der Waals surface area contributed by atoms with E-state index in [1.807, 2.05) is 18.2 Å². The highest BCUT2D eigenvalue weighted by atomic mass is 16.3. The van der Waals surface area contributed by atoms with Crippen LogP contribution >= 0.6 is 0 Å². The maximum Gasteiger partial charge on any atom is 0.147 e. The molecule has 0 saturated carbocycles. The summed E-state index contributed by atoms with van der Waals surface area (Å²) in [5, 5.41) is 21.4. The van der Waals surface area contributed by atoms with Crippen LogP contribution in [0.5, 0.6) is 5.75 Å². The first-order chi connectivity index (χ1) is 12.1. The van der Waals surface area contributed by atoms with Crippen molar-refractivity contribution in [1.82, 2.24) is 4.90 Å². The quantitative estimate of drug-likeness (QED) is 0.825. The van der Waals surface area contributed by atoms with Crippen LogP contribution < -0.4 is 0 Å². The predicted molar refractivity (Wildman–Crippen MR) is 101 cm³/mol. The number of aryl methyl sites for hydroxylation is 1. The molecule has 2 N–H and O–H groups in total. The fraction of sp³-hybridized carbons (Fsp3) is 0.455. The molecule has 1 fully saturated rings. The molecular formula is C22H29NO2. The van der Waals surface area contributed by atoms with Crippen molar-refractivity contribution >= 4 is 0 Å². The normalized spacial score (nSPS) is 19.3. The van der Waals surface area contributed by atoms with Crippen LogP contribution in [-0.4, -0.2) is 28.2 Å². The lowest BCUT2D eigenvalue weighted by atomic mass is 9.83. The molecule has 1 aliphatic rings. The second-order valence-electron chi connectivity index (χ2n) is 7.25. The number of phenols is 1. The summed E-state index contributed by atoms with van der Waals surface area (Å²) in [5.41, 5.74) is 1.21. The van der Waals surface area contributed by atoms with Crippen LogP contribution in [0.4, 0.5) is 0 Å². The summed E-state index contributed by atoms with van der Waals surface area (Å²) in [6.07, 6.45) is 5.37.